The van der Waals surface area contributed by atoms with Gasteiger partial charge in [0.1, 0.15) is 0 Å². The van der Waals surface area contributed by atoms with Crippen molar-refractivity contribution in [2.45, 2.75) is 57.2 Å². The molecule has 3 aromatic rings. The number of hydrogen-bond donors (Lipinski definition) is 1. The topological polar surface area (TPSA) is 35.6 Å². The van der Waals surface area contributed by atoms with Crippen LogP contribution >= 0.6 is 0 Å². The van der Waals surface area contributed by atoms with Gasteiger partial charge in [-0.05, 0) is 49.3 Å². The number of amides is 1. The van der Waals surface area contributed by atoms with E-state index in [-0.39, 0.29) is 11.8 Å². The summed E-state index contributed by atoms with van der Waals surface area (Å²) >= 11 is 0. The van der Waals surface area contributed by atoms with Crippen LogP contribution in [0.15, 0.2) is 91.0 Å². The number of carbonyl (C=O) groups excluding carboxylic acids is 1. The molecule has 3 aromatic carbocycles. The Hall–Kier alpha value is -2.95. The third-order valence-corrected chi connectivity index (χ3v) is 8.24. The Morgan fingerprint density at radius 3 is 1.70 bits per heavy atom. The predicted octanol–water partition coefficient (Wildman–Crippen LogP) is 5.87. The number of rotatable bonds is 7. The van der Waals surface area contributed by atoms with Gasteiger partial charge in [-0.15, -0.1) is 0 Å². The molecule has 0 spiro atoms. The van der Waals surface area contributed by atoms with Crippen LogP contribution in [-0.2, 0) is 4.79 Å². The molecule has 1 N–H and O–H groups in total. The van der Waals surface area contributed by atoms with Crippen LogP contribution in [0.3, 0.4) is 0 Å². The van der Waals surface area contributed by atoms with E-state index in [9.17, 15) is 4.79 Å². The number of hydrogen-bond acceptors (Lipinski definition) is 3. The molecule has 0 aliphatic carbocycles. The van der Waals surface area contributed by atoms with E-state index in [4.69, 9.17) is 0 Å². The number of nitrogens with one attached hydrogen (secondary N) is 1. The first-order chi connectivity index (χ1) is 18.1. The highest BCUT2D eigenvalue weighted by molar-refractivity contribution is 5.78. The zero-order valence-corrected chi connectivity index (χ0v) is 22.3. The van der Waals surface area contributed by atoms with Crippen LogP contribution in [0, 0.1) is 5.92 Å². The number of likely N-dealkylation sites (tertiary alicyclic amines) is 1. The average Bonchev–Trinajstić information content (AvgIpc) is 2.93. The van der Waals surface area contributed by atoms with Crippen LogP contribution in [0.2, 0.25) is 0 Å². The molecule has 5 rings (SSSR count). The smallest absolute Gasteiger partial charge is 0.223 e. The van der Waals surface area contributed by atoms with Crippen molar-refractivity contribution in [3.8, 4) is 0 Å². The van der Waals surface area contributed by atoms with Crippen molar-refractivity contribution in [3.63, 3.8) is 0 Å². The van der Waals surface area contributed by atoms with Gasteiger partial charge in [-0.25, -0.2) is 0 Å². The highest BCUT2D eigenvalue weighted by atomic mass is 16.2. The zero-order chi connectivity index (χ0) is 25.6. The van der Waals surface area contributed by atoms with Gasteiger partial charge < -0.3 is 10.2 Å². The fourth-order valence-corrected chi connectivity index (χ4v) is 6.59. The standard InChI is InChI=1S/C33H41N3O/c1-25-23-36(24-26(2)34-25)33(29-16-10-5-11-17-29)30-18-20-35(21-19-30)32(37)22-31(27-12-6-3-7-13-27)28-14-8-4-9-15-28/h3-17,25-26,30-31,33-34H,18-24H2,1-2H3. The molecule has 0 saturated carbocycles. The molecule has 2 fully saturated rings. The molecular formula is C33H41N3O. The summed E-state index contributed by atoms with van der Waals surface area (Å²) in [5.41, 5.74) is 3.84. The molecule has 2 heterocycles. The molecule has 37 heavy (non-hydrogen) atoms. The van der Waals surface area contributed by atoms with Crippen molar-refractivity contribution in [3.05, 3.63) is 108 Å². The lowest BCUT2D eigenvalue weighted by Gasteiger charge is -2.46. The summed E-state index contributed by atoms with van der Waals surface area (Å²) in [5, 5.41) is 3.69. The summed E-state index contributed by atoms with van der Waals surface area (Å²) < 4.78 is 0. The average molecular weight is 496 g/mol. The van der Waals surface area contributed by atoms with Crippen molar-refractivity contribution >= 4 is 5.91 Å². The summed E-state index contributed by atoms with van der Waals surface area (Å²) in [6, 6.07) is 33.4. The van der Waals surface area contributed by atoms with Gasteiger partial charge in [0.25, 0.3) is 0 Å². The maximum atomic E-state index is 13.6. The zero-order valence-electron chi connectivity index (χ0n) is 22.3. The Balaban J connectivity index is 1.28. The van der Waals surface area contributed by atoms with Crippen LogP contribution in [0.5, 0.6) is 0 Å². The first-order valence-electron chi connectivity index (χ1n) is 14.0. The lowest BCUT2D eigenvalue weighted by atomic mass is 9.83. The van der Waals surface area contributed by atoms with E-state index >= 15 is 0 Å². The molecule has 3 unspecified atom stereocenters. The van der Waals surface area contributed by atoms with E-state index < -0.39 is 0 Å². The highest BCUT2D eigenvalue weighted by Gasteiger charge is 2.36. The second-order valence-corrected chi connectivity index (χ2v) is 11.1. The Morgan fingerprint density at radius 1 is 0.757 bits per heavy atom. The summed E-state index contributed by atoms with van der Waals surface area (Å²) in [6.07, 6.45) is 2.63. The summed E-state index contributed by atoms with van der Waals surface area (Å²) in [6.45, 7) is 8.42. The van der Waals surface area contributed by atoms with Gasteiger partial charge in [0, 0.05) is 56.6 Å². The van der Waals surface area contributed by atoms with Crippen molar-refractivity contribution in [2.24, 2.45) is 5.92 Å². The summed E-state index contributed by atoms with van der Waals surface area (Å²) in [4.78, 5) is 18.4. The number of carbonyl (C=O) groups is 1. The quantitative estimate of drug-likeness (QED) is 0.445. The third-order valence-electron chi connectivity index (χ3n) is 8.24. The minimum absolute atomic E-state index is 0.0912. The Kier molecular flexibility index (Phi) is 8.38. The molecular weight excluding hydrogens is 454 g/mol. The van der Waals surface area contributed by atoms with E-state index in [1.54, 1.807) is 0 Å². The van der Waals surface area contributed by atoms with Crippen molar-refractivity contribution in [2.75, 3.05) is 26.2 Å². The summed E-state index contributed by atoms with van der Waals surface area (Å²) in [7, 11) is 0. The molecule has 4 heteroatoms. The molecule has 4 nitrogen and oxygen atoms in total. The van der Waals surface area contributed by atoms with E-state index in [2.05, 4.69) is 108 Å². The van der Waals surface area contributed by atoms with Gasteiger partial charge in [0.05, 0.1) is 0 Å². The van der Waals surface area contributed by atoms with E-state index in [1.165, 1.54) is 16.7 Å². The van der Waals surface area contributed by atoms with E-state index in [1.807, 2.05) is 12.1 Å². The lowest BCUT2D eigenvalue weighted by Crippen LogP contribution is -2.56. The molecule has 0 bridgehead atoms. The maximum absolute atomic E-state index is 13.6. The number of piperazine rings is 1. The van der Waals surface area contributed by atoms with E-state index in [0.717, 1.165) is 39.0 Å². The minimum atomic E-state index is 0.0912. The highest BCUT2D eigenvalue weighted by Crippen LogP contribution is 2.37. The fourth-order valence-electron chi connectivity index (χ4n) is 6.59. The normalized spacial score (nSPS) is 22.2. The van der Waals surface area contributed by atoms with Gasteiger partial charge in [-0.2, -0.15) is 0 Å². The Bertz CT molecular complexity index is 1060. The van der Waals surface area contributed by atoms with Gasteiger partial charge >= 0.3 is 0 Å². The van der Waals surface area contributed by atoms with Crippen LogP contribution in [0.1, 0.15) is 61.8 Å². The van der Waals surface area contributed by atoms with Gasteiger partial charge in [-0.1, -0.05) is 91.0 Å². The predicted molar refractivity (Wildman–Crippen MR) is 151 cm³/mol. The van der Waals surface area contributed by atoms with E-state index in [0.29, 0.717) is 30.5 Å². The maximum Gasteiger partial charge on any atom is 0.223 e. The molecule has 3 atom stereocenters. The second kappa shape index (κ2) is 12.1. The molecule has 2 saturated heterocycles. The summed E-state index contributed by atoms with van der Waals surface area (Å²) in [5.74, 6) is 0.924. The molecule has 2 aliphatic heterocycles. The SMILES string of the molecule is CC1CN(C(c2ccccc2)C2CCN(C(=O)CC(c3ccccc3)c3ccccc3)CC2)CC(C)N1. The monoisotopic (exact) mass is 495 g/mol. The number of piperidine rings is 1. The van der Waals surface area contributed by atoms with Crippen molar-refractivity contribution in [1.29, 1.82) is 0 Å². The number of benzene rings is 3. The molecule has 1 amide bonds. The minimum Gasteiger partial charge on any atom is -0.343 e. The largest absolute Gasteiger partial charge is 0.343 e. The fraction of sp³-hybridized carbons (Fsp3) is 0.424. The molecule has 0 radical (unpaired) electrons. The first kappa shape index (κ1) is 25.7. The van der Waals surface area contributed by atoms with Gasteiger partial charge in [0.2, 0.25) is 5.91 Å². The van der Waals surface area contributed by atoms with Gasteiger partial charge in [0.15, 0.2) is 0 Å². The Labute approximate surface area is 222 Å². The van der Waals surface area contributed by atoms with Gasteiger partial charge in [-0.3, -0.25) is 9.69 Å². The molecule has 0 aromatic heterocycles. The molecule has 2 aliphatic rings. The van der Waals surface area contributed by atoms with Crippen molar-refractivity contribution in [1.82, 2.24) is 15.1 Å². The lowest BCUT2D eigenvalue weighted by molar-refractivity contribution is -0.133. The molecule has 194 valence electrons. The van der Waals surface area contributed by atoms with Crippen LogP contribution in [0.25, 0.3) is 0 Å². The second-order valence-electron chi connectivity index (χ2n) is 11.1. The van der Waals surface area contributed by atoms with Crippen molar-refractivity contribution < 1.29 is 4.79 Å². The number of nitrogens with zero attached hydrogens (tertiary/aromatic N) is 2. The third kappa shape index (κ3) is 6.31. The Morgan fingerprint density at radius 2 is 1.22 bits per heavy atom. The first-order valence-corrected chi connectivity index (χ1v) is 14.0. The van der Waals surface area contributed by atoms with Crippen LogP contribution < -0.4 is 5.32 Å². The van der Waals surface area contributed by atoms with Crippen LogP contribution in [0.4, 0.5) is 0 Å². The van der Waals surface area contributed by atoms with Crippen LogP contribution in [-0.4, -0.2) is 54.0 Å².